The highest BCUT2D eigenvalue weighted by molar-refractivity contribution is 9.10. The molecular formula is C19H19BrN2O2. The Bertz CT molecular complexity index is 804. The Morgan fingerprint density at radius 2 is 1.62 bits per heavy atom. The molecule has 1 aliphatic rings. The summed E-state index contributed by atoms with van der Waals surface area (Å²) in [6.45, 7) is 3.91. The van der Waals surface area contributed by atoms with Crippen LogP contribution < -0.4 is 10.6 Å². The quantitative estimate of drug-likeness (QED) is 0.823. The van der Waals surface area contributed by atoms with Gasteiger partial charge in [0.1, 0.15) is 0 Å². The number of amides is 2. The first-order valence-electron chi connectivity index (χ1n) is 7.89. The van der Waals surface area contributed by atoms with Gasteiger partial charge >= 0.3 is 0 Å². The zero-order valence-electron chi connectivity index (χ0n) is 13.6. The van der Waals surface area contributed by atoms with E-state index < -0.39 is 0 Å². The zero-order valence-corrected chi connectivity index (χ0v) is 15.2. The van der Waals surface area contributed by atoms with Gasteiger partial charge < -0.3 is 10.6 Å². The molecule has 124 valence electrons. The second kappa shape index (κ2) is 6.77. The SMILES string of the molecule is Cc1cc(NC(=O)C2CC2C(=O)Nc2ccccc2C)ccc1Br. The third kappa shape index (κ3) is 3.67. The maximum Gasteiger partial charge on any atom is 0.228 e. The van der Waals surface area contributed by atoms with Gasteiger partial charge in [-0.05, 0) is 55.7 Å². The molecule has 0 saturated heterocycles. The van der Waals surface area contributed by atoms with Gasteiger partial charge in [0, 0.05) is 15.8 Å². The summed E-state index contributed by atoms with van der Waals surface area (Å²) in [4.78, 5) is 24.6. The van der Waals surface area contributed by atoms with E-state index in [1.54, 1.807) is 0 Å². The van der Waals surface area contributed by atoms with Gasteiger partial charge in [0.05, 0.1) is 11.8 Å². The summed E-state index contributed by atoms with van der Waals surface area (Å²) in [5.74, 6) is -0.683. The van der Waals surface area contributed by atoms with Gasteiger partial charge in [0.2, 0.25) is 11.8 Å². The number of benzene rings is 2. The van der Waals surface area contributed by atoms with Crippen molar-refractivity contribution >= 4 is 39.1 Å². The molecule has 2 aromatic rings. The second-order valence-electron chi connectivity index (χ2n) is 6.21. The van der Waals surface area contributed by atoms with Crippen LogP contribution in [-0.2, 0) is 9.59 Å². The Balaban J connectivity index is 1.58. The first-order valence-corrected chi connectivity index (χ1v) is 8.68. The van der Waals surface area contributed by atoms with Crippen LogP contribution in [0.25, 0.3) is 0 Å². The minimum absolute atomic E-state index is 0.0866. The Hall–Kier alpha value is -2.14. The number of para-hydroxylation sites is 1. The number of carbonyl (C=O) groups is 2. The Kier molecular flexibility index (Phi) is 4.71. The molecule has 2 atom stereocenters. The highest BCUT2D eigenvalue weighted by Crippen LogP contribution is 2.40. The van der Waals surface area contributed by atoms with Crippen molar-refractivity contribution in [3.8, 4) is 0 Å². The van der Waals surface area contributed by atoms with Gasteiger partial charge in [-0.25, -0.2) is 0 Å². The van der Waals surface area contributed by atoms with Crippen molar-refractivity contribution in [1.82, 2.24) is 0 Å². The monoisotopic (exact) mass is 386 g/mol. The summed E-state index contributed by atoms with van der Waals surface area (Å²) < 4.78 is 1.00. The number of hydrogen-bond donors (Lipinski definition) is 2. The van der Waals surface area contributed by atoms with Crippen LogP contribution in [-0.4, -0.2) is 11.8 Å². The number of rotatable bonds is 4. The van der Waals surface area contributed by atoms with Crippen LogP contribution in [0.15, 0.2) is 46.9 Å². The fraction of sp³-hybridized carbons (Fsp3) is 0.263. The molecule has 0 bridgehead atoms. The van der Waals surface area contributed by atoms with Crippen LogP contribution in [0.3, 0.4) is 0 Å². The summed E-state index contributed by atoms with van der Waals surface area (Å²) >= 11 is 3.44. The minimum Gasteiger partial charge on any atom is -0.326 e. The van der Waals surface area contributed by atoms with E-state index in [1.807, 2.05) is 56.3 Å². The Morgan fingerprint density at radius 1 is 0.958 bits per heavy atom. The van der Waals surface area contributed by atoms with E-state index in [4.69, 9.17) is 0 Å². The minimum atomic E-state index is -0.252. The first-order chi connectivity index (χ1) is 11.5. The predicted octanol–water partition coefficient (Wildman–Crippen LogP) is 4.28. The smallest absolute Gasteiger partial charge is 0.228 e. The topological polar surface area (TPSA) is 58.2 Å². The summed E-state index contributed by atoms with van der Waals surface area (Å²) in [7, 11) is 0. The molecule has 3 rings (SSSR count). The Morgan fingerprint density at radius 3 is 2.29 bits per heavy atom. The molecule has 2 aromatic carbocycles. The molecule has 1 aliphatic carbocycles. The number of nitrogens with one attached hydrogen (secondary N) is 2. The molecule has 0 spiro atoms. The average molecular weight is 387 g/mol. The van der Waals surface area contributed by atoms with Crippen molar-refractivity contribution in [1.29, 1.82) is 0 Å². The van der Waals surface area contributed by atoms with E-state index in [-0.39, 0.29) is 23.7 Å². The van der Waals surface area contributed by atoms with E-state index in [1.165, 1.54) is 0 Å². The molecular weight excluding hydrogens is 368 g/mol. The lowest BCUT2D eigenvalue weighted by molar-refractivity contribution is -0.122. The van der Waals surface area contributed by atoms with Crippen molar-refractivity contribution in [2.45, 2.75) is 20.3 Å². The molecule has 0 heterocycles. The van der Waals surface area contributed by atoms with Crippen molar-refractivity contribution in [2.24, 2.45) is 11.8 Å². The highest BCUT2D eigenvalue weighted by atomic mass is 79.9. The molecule has 4 nitrogen and oxygen atoms in total. The fourth-order valence-corrected chi connectivity index (χ4v) is 2.92. The van der Waals surface area contributed by atoms with E-state index >= 15 is 0 Å². The van der Waals surface area contributed by atoms with E-state index in [0.717, 1.165) is 27.0 Å². The van der Waals surface area contributed by atoms with Crippen molar-refractivity contribution in [3.63, 3.8) is 0 Å². The van der Waals surface area contributed by atoms with E-state index in [9.17, 15) is 9.59 Å². The largest absolute Gasteiger partial charge is 0.326 e. The number of carbonyl (C=O) groups excluding carboxylic acids is 2. The fourth-order valence-electron chi connectivity index (χ4n) is 2.67. The third-order valence-corrected chi connectivity index (χ3v) is 5.18. The molecule has 0 aromatic heterocycles. The predicted molar refractivity (Wildman–Crippen MR) is 98.9 cm³/mol. The standard InChI is InChI=1S/C19H19BrN2O2/c1-11-5-3-4-6-17(11)22-19(24)15-10-14(15)18(23)21-13-7-8-16(20)12(2)9-13/h3-9,14-15H,10H2,1-2H3,(H,21,23)(H,22,24). The van der Waals surface area contributed by atoms with Crippen molar-refractivity contribution in [2.75, 3.05) is 10.6 Å². The average Bonchev–Trinajstić information content (AvgIpc) is 3.34. The molecule has 0 radical (unpaired) electrons. The molecule has 5 heteroatoms. The lowest BCUT2D eigenvalue weighted by atomic mass is 10.2. The lowest BCUT2D eigenvalue weighted by Gasteiger charge is -2.09. The van der Waals surface area contributed by atoms with Crippen LogP contribution in [0.4, 0.5) is 11.4 Å². The van der Waals surface area contributed by atoms with E-state index in [2.05, 4.69) is 26.6 Å². The lowest BCUT2D eigenvalue weighted by Crippen LogP contribution is -2.20. The van der Waals surface area contributed by atoms with Gasteiger partial charge in [0.25, 0.3) is 0 Å². The summed E-state index contributed by atoms with van der Waals surface area (Å²) in [5.41, 5.74) is 3.62. The molecule has 2 unspecified atom stereocenters. The Labute approximate surface area is 149 Å². The molecule has 0 aliphatic heterocycles. The number of aryl methyl sites for hydroxylation is 2. The molecule has 1 saturated carbocycles. The molecule has 2 amide bonds. The maximum absolute atomic E-state index is 12.3. The summed E-state index contributed by atoms with van der Waals surface area (Å²) in [6.07, 6.45) is 0.596. The van der Waals surface area contributed by atoms with E-state index in [0.29, 0.717) is 6.42 Å². The normalized spacial score (nSPS) is 18.8. The van der Waals surface area contributed by atoms with Crippen LogP contribution in [0.5, 0.6) is 0 Å². The highest BCUT2D eigenvalue weighted by Gasteiger charge is 2.48. The molecule has 24 heavy (non-hydrogen) atoms. The van der Waals surface area contributed by atoms with Crippen LogP contribution >= 0.6 is 15.9 Å². The molecule has 2 N–H and O–H groups in total. The number of hydrogen-bond acceptors (Lipinski definition) is 2. The van der Waals surface area contributed by atoms with Crippen LogP contribution in [0.1, 0.15) is 17.5 Å². The maximum atomic E-state index is 12.3. The first kappa shape index (κ1) is 16.7. The van der Waals surface area contributed by atoms with Gasteiger partial charge in [-0.2, -0.15) is 0 Å². The second-order valence-corrected chi connectivity index (χ2v) is 7.06. The van der Waals surface area contributed by atoms with Crippen LogP contribution in [0, 0.1) is 25.7 Å². The summed E-state index contributed by atoms with van der Waals surface area (Å²) in [6, 6.07) is 13.3. The van der Waals surface area contributed by atoms with Crippen LogP contribution in [0.2, 0.25) is 0 Å². The van der Waals surface area contributed by atoms with Crippen molar-refractivity contribution < 1.29 is 9.59 Å². The van der Waals surface area contributed by atoms with Crippen molar-refractivity contribution in [3.05, 3.63) is 58.1 Å². The van der Waals surface area contributed by atoms with Gasteiger partial charge in [-0.1, -0.05) is 34.1 Å². The van der Waals surface area contributed by atoms with Gasteiger partial charge in [-0.3, -0.25) is 9.59 Å². The zero-order chi connectivity index (χ0) is 17.3. The molecule has 1 fully saturated rings. The van der Waals surface area contributed by atoms with Gasteiger partial charge in [-0.15, -0.1) is 0 Å². The van der Waals surface area contributed by atoms with Gasteiger partial charge in [0.15, 0.2) is 0 Å². The third-order valence-electron chi connectivity index (χ3n) is 4.29. The number of anilines is 2. The number of halogens is 1. The summed E-state index contributed by atoms with van der Waals surface area (Å²) in [5, 5.41) is 5.80.